The van der Waals surface area contributed by atoms with Gasteiger partial charge in [0.15, 0.2) is 0 Å². The van der Waals surface area contributed by atoms with Crippen LogP contribution in [-0.4, -0.2) is 20.9 Å². The standard InChI is InChI=1S/C20H15Br2N3O/c1-2-25-18-10-16(22)15(21)9-17(18)24-20(25)23-11-13-8-7-12-5-3-4-6-14(12)19(13)26/h3-11,26H,2H2,1H3/b23-11+. The van der Waals surface area contributed by atoms with E-state index in [0.29, 0.717) is 11.5 Å². The number of imidazole rings is 1. The van der Waals surface area contributed by atoms with E-state index in [1.165, 1.54) is 0 Å². The van der Waals surface area contributed by atoms with Crippen LogP contribution in [0, 0.1) is 0 Å². The number of rotatable bonds is 3. The van der Waals surface area contributed by atoms with Gasteiger partial charge in [-0.1, -0.05) is 30.3 Å². The molecule has 6 heteroatoms. The third-order valence-electron chi connectivity index (χ3n) is 4.34. The van der Waals surface area contributed by atoms with E-state index in [1.807, 2.05) is 53.1 Å². The Labute approximate surface area is 167 Å². The molecular weight excluding hydrogens is 458 g/mol. The van der Waals surface area contributed by atoms with Crippen molar-refractivity contribution in [3.63, 3.8) is 0 Å². The molecule has 0 amide bonds. The fourth-order valence-electron chi connectivity index (χ4n) is 3.02. The molecule has 130 valence electrons. The van der Waals surface area contributed by atoms with Gasteiger partial charge in [0.1, 0.15) is 5.75 Å². The summed E-state index contributed by atoms with van der Waals surface area (Å²) in [4.78, 5) is 9.17. The highest BCUT2D eigenvalue weighted by Gasteiger charge is 2.11. The van der Waals surface area contributed by atoms with Crippen LogP contribution in [-0.2, 0) is 6.54 Å². The maximum atomic E-state index is 10.5. The number of nitrogens with zero attached hydrogens (tertiary/aromatic N) is 3. The van der Waals surface area contributed by atoms with Crippen molar-refractivity contribution in [3.8, 4) is 5.75 Å². The minimum Gasteiger partial charge on any atom is -0.507 e. The molecule has 0 bridgehead atoms. The first-order valence-corrected chi connectivity index (χ1v) is 9.77. The van der Waals surface area contributed by atoms with Gasteiger partial charge in [0.2, 0.25) is 5.95 Å². The van der Waals surface area contributed by atoms with E-state index in [4.69, 9.17) is 0 Å². The van der Waals surface area contributed by atoms with E-state index >= 15 is 0 Å². The molecule has 4 rings (SSSR count). The molecule has 26 heavy (non-hydrogen) atoms. The van der Waals surface area contributed by atoms with Gasteiger partial charge in [0, 0.05) is 32.7 Å². The molecule has 3 aromatic carbocycles. The van der Waals surface area contributed by atoms with Gasteiger partial charge in [-0.2, -0.15) is 0 Å². The number of hydrogen-bond donors (Lipinski definition) is 1. The zero-order valence-electron chi connectivity index (χ0n) is 13.9. The van der Waals surface area contributed by atoms with Crippen LogP contribution in [0.3, 0.4) is 0 Å². The third kappa shape index (κ3) is 2.93. The van der Waals surface area contributed by atoms with E-state index in [2.05, 4.69) is 48.8 Å². The molecule has 0 aliphatic heterocycles. The summed E-state index contributed by atoms with van der Waals surface area (Å²) in [5.41, 5.74) is 2.55. The molecule has 0 aliphatic rings. The summed E-state index contributed by atoms with van der Waals surface area (Å²) in [7, 11) is 0. The maximum absolute atomic E-state index is 10.5. The summed E-state index contributed by atoms with van der Waals surface area (Å²) in [6, 6.07) is 15.6. The number of aromatic nitrogens is 2. The lowest BCUT2D eigenvalue weighted by Gasteiger charge is -2.05. The number of fused-ring (bicyclic) bond motifs is 2. The summed E-state index contributed by atoms with van der Waals surface area (Å²) in [6.07, 6.45) is 1.67. The Bertz CT molecular complexity index is 1160. The topological polar surface area (TPSA) is 50.4 Å². The molecule has 0 fully saturated rings. The molecule has 4 nitrogen and oxygen atoms in total. The molecule has 1 aromatic heterocycles. The zero-order chi connectivity index (χ0) is 18.3. The summed E-state index contributed by atoms with van der Waals surface area (Å²) in [6.45, 7) is 2.81. The average molecular weight is 473 g/mol. The predicted octanol–water partition coefficient (Wildman–Crippen LogP) is 6.19. The van der Waals surface area contributed by atoms with Crippen LogP contribution in [0.2, 0.25) is 0 Å². The zero-order valence-corrected chi connectivity index (χ0v) is 17.1. The Kier molecular flexibility index (Phi) is 4.54. The minimum atomic E-state index is 0.233. The highest BCUT2D eigenvalue weighted by molar-refractivity contribution is 9.13. The largest absolute Gasteiger partial charge is 0.507 e. The smallest absolute Gasteiger partial charge is 0.230 e. The lowest BCUT2D eigenvalue weighted by molar-refractivity contribution is 0.481. The van der Waals surface area contributed by atoms with E-state index < -0.39 is 0 Å². The maximum Gasteiger partial charge on any atom is 0.230 e. The first-order chi connectivity index (χ1) is 12.6. The molecule has 1 N–H and O–H groups in total. The Hall–Kier alpha value is -2.18. The first-order valence-electron chi connectivity index (χ1n) is 8.18. The normalized spacial score (nSPS) is 11.8. The Morgan fingerprint density at radius 2 is 1.88 bits per heavy atom. The summed E-state index contributed by atoms with van der Waals surface area (Å²) in [5.74, 6) is 0.844. The number of aryl methyl sites for hydroxylation is 1. The van der Waals surface area contributed by atoms with Crippen molar-refractivity contribution in [2.75, 3.05) is 0 Å². The number of phenols is 1. The van der Waals surface area contributed by atoms with Crippen molar-refractivity contribution in [3.05, 3.63) is 63.0 Å². The van der Waals surface area contributed by atoms with Gasteiger partial charge >= 0.3 is 0 Å². The molecule has 0 saturated heterocycles. The number of aliphatic imine (C=N–C) groups is 1. The van der Waals surface area contributed by atoms with Crippen molar-refractivity contribution < 1.29 is 5.11 Å². The van der Waals surface area contributed by atoms with Crippen molar-refractivity contribution in [1.82, 2.24) is 9.55 Å². The first kappa shape index (κ1) is 17.2. The van der Waals surface area contributed by atoms with E-state index in [-0.39, 0.29) is 5.75 Å². The van der Waals surface area contributed by atoms with Crippen LogP contribution in [0.4, 0.5) is 5.95 Å². The second-order valence-electron chi connectivity index (χ2n) is 5.89. The number of halogens is 2. The SMILES string of the molecule is CCn1c(/N=C/c2ccc3ccccc3c2O)nc2cc(Br)c(Br)cc21. The van der Waals surface area contributed by atoms with Gasteiger partial charge < -0.3 is 9.67 Å². The molecule has 1 heterocycles. The quantitative estimate of drug-likeness (QED) is 0.361. The van der Waals surface area contributed by atoms with Crippen molar-refractivity contribution in [2.24, 2.45) is 4.99 Å². The van der Waals surface area contributed by atoms with Crippen LogP contribution in [0.25, 0.3) is 21.8 Å². The minimum absolute atomic E-state index is 0.233. The highest BCUT2D eigenvalue weighted by atomic mass is 79.9. The van der Waals surface area contributed by atoms with Crippen LogP contribution in [0.5, 0.6) is 5.75 Å². The molecule has 0 spiro atoms. The lowest BCUT2D eigenvalue weighted by atomic mass is 10.1. The van der Waals surface area contributed by atoms with Crippen LogP contribution in [0.15, 0.2) is 62.5 Å². The average Bonchev–Trinajstić information content (AvgIpc) is 2.98. The van der Waals surface area contributed by atoms with Gasteiger partial charge in [-0.25, -0.2) is 9.98 Å². The molecule has 0 radical (unpaired) electrons. The summed E-state index contributed by atoms with van der Waals surface area (Å²) < 4.78 is 3.97. The molecular formula is C20H15Br2N3O. The Morgan fingerprint density at radius 1 is 1.12 bits per heavy atom. The highest BCUT2D eigenvalue weighted by Crippen LogP contribution is 2.32. The lowest BCUT2D eigenvalue weighted by Crippen LogP contribution is -1.94. The fraction of sp³-hybridized carbons (Fsp3) is 0.100. The Balaban J connectivity index is 1.81. The third-order valence-corrected chi connectivity index (χ3v) is 6.18. The molecule has 0 aliphatic carbocycles. The molecule has 0 atom stereocenters. The van der Waals surface area contributed by atoms with Crippen molar-refractivity contribution in [2.45, 2.75) is 13.5 Å². The summed E-state index contributed by atoms with van der Waals surface area (Å²) in [5, 5.41) is 12.3. The molecule has 0 saturated carbocycles. The second kappa shape index (κ2) is 6.85. The van der Waals surface area contributed by atoms with Gasteiger partial charge in [-0.3, -0.25) is 0 Å². The Morgan fingerprint density at radius 3 is 2.69 bits per heavy atom. The fourth-order valence-corrected chi connectivity index (χ4v) is 3.68. The summed E-state index contributed by atoms with van der Waals surface area (Å²) >= 11 is 7.05. The number of aromatic hydroxyl groups is 1. The number of benzene rings is 3. The predicted molar refractivity (Wildman–Crippen MR) is 114 cm³/mol. The van der Waals surface area contributed by atoms with Gasteiger partial charge in [-0.15, -0.1) is 0 Å². The van der Waals surface area contributed by atoms with E-state index in [9.17, 15) is 5.11 Å². The van der Waals surface area contributed by atoms with Crippen LogP contribution in [0.1, 0.15) is 12.5 Å². The molecule has 4 aromatic rings. The van der Waals surface area contributed by atoms with Crippen LogP contribution < -0.4 is 0 Å². The number of phenolic OH excluding ortho intramolecular Hbond substituents is 1. The molecule has 0 unspecified atom stereocenters. The van der Waals surface area contributed by atoms with Crippen molar-refractivity contribution >= 4 is 65.8 Å². The van der Waals surface area contributed by atoms with Gasteiger partial charge in [-0.05, 0) is 62.4 Å². The van der Waals surface area contributed by atoms with Gasteiger partial charge in [0.25, 0.3) is 0 Å². The van der Waals surface area contributed by atoms with E-state index in [0.717, 1.165) is 37.3 Å². The van der Waals surface area contributed by atoms with E-state index in [1.54, 1.807) is 6.21 Å². The second-order valence-corrected chi connectivity index (χ2v) is 7.60. The van der Waals surface area contributed by atoms with Crippen LogP contribution >= 0.6 is 31.9 Å². The monoisotopic (exact) mass is 471 g/mol. The number of hydrogen-bond acceptors (Lipinski definition) is 3. The van der Waals surface area contributed by atoms with Gasteiger partial charge in [0.05, 0.1) is 11.0 Å². The van der Waals surface area contributed by atoms with Crippen molar-refractivity contribution in [1.29, 1.82) is 0 Å².